The molecule has 39 heavy (non-hydrogen) atoms. The number of urea groups is 1. The molecule has 2 atom stereocenters. The van der Waals surface area contributed by atoms with E-state index in [4.69, 9.17) is 14.5 Å². The number of nitrogens with one attached hydrogen (secondary N) is 2. The van der Waals surface area contributed by atoms with Crippen LogP contribution in [0.25, 0.3) is 11.1 Å². The molecular formula is C28H36F3N5O3. The number of carbonyl (C=O) groups excluding carboxylic acids is 1. The Hall–Kier alpha value is -3.05. The van der Waals surface area contributed by atoms with Crippen molar-refractivity contribution in [1.29, 1.82) is 0 Å². The maximum Gasteiger partial charge on any atom is 0.389 e. The van der Waals surface area contributed by atoms with Gasteiger partial charge in [0.25, 0.3) is 0 Å². The van der Waals surface area contributed by atoms with Gasteiger partial charge >= 0.3 is 12.2 Å². The van der Waals surface area contributed by atoms with Crippen LogP contribution in [0, 0.1) is 12.8 Å². The van der Waals surface area contributed by atoms with Crippen LogP contribution in [0.2, 0.25) is 0 Å². The molecule has 212 valence electrons. The first-order valence-corrected chi connectivity index (χ1v) is 13.7. The Morgan fingerprint density at radius 2 is 1.90 bits per heavy atom. The third kappa shape index (κ3) is 7.33. The standard InChI is InChI=1S/C28H36F3N5O3/c1-19-4-5-22(33-27(37)36-7-6-20(17-36)16-28(29,30)31)15-24(19)21-13-25(32-23-3-2-10-39-18-23)34-26(14-21)35-8-11-38-12-9-35/h4-5,13-15,20,23H,2-3,6-12,16-18H2,1H3,(H,32,34)(H,33,37)/t20?,23-/m1/s1. The van der Waals surface area contributed by atoms with Crippen molar-refractivity contribution in [2.75, 3.05) is 68.1 Å². The van der Waals surface area contributed by atoms with Crippen molar-refractivity contribution in [3.05, 3.63) is 35.9 Å². The van der Waals surface area contributed by atoms with Crippen LogP contribution in [0.3, 0.4) is 0 Å². The fourth-order valence-electron chi connectivity index (χ4n) is 5.49. The van der Waals surface area contributed by atoms with Gasteiger partial charge in [0.05, 0.1) is 25.9 Å². The molecule has 11 heteroatoms. The van der Waals surface area contributed by atoms with Crippen LogP contribution in [0.1, 0.15) is 31.2 Å². The number of aryl methyl sites for hydroxylation is 1. The molecule has 0 aliphatic carbocycles. The van der Waals surface area contributed by atoms with Crippen LogP contribution >= 0.6 is 0 Å². The Morgan fingerprint density at radius 3 is 2.64 bits per heavy atom. The molecule has 1 unspecified atom stereocenters. The highest BCUT2D eigenvalue weighted by Gasteiger charge is 2.36. The van der Waals surface area contributed by atoms with E-state index in [0.29, 0.717) is 38.5 Å². The zero-order valence-electron chi connectivity index (χ0n) is 22.2. The van der Waals surface area contributed by atoms with Gasteiger partial charge in [-0.25, -0.2) is 9.78 Å². The van der Waals surface area contributed by atoms with Crippen LogP contribution in [-0.4, -0.2) is 80.7 Å². The van der Waals surface area contributed by atoms with Crippen LogP contribution in [0.4, 0.5) is 35.3 Å². The van der Waals surface area contributed by atoms with E-state index in [2.05, 4.69) is 21.6 Å². The highest BCUT2D eigenvalue weighted by molar-refractivity contribution is 5.91. The van der Waals surface area contributed by atoms with Gasteiger partial charge in [-0.2, -0.15) is 13.2 Å². The van der Waals surface area contributed by atoms with Crippen molar-refractivity contribution in [2.24, 2.45) is 5.92 Å². The average molecular weight is 548 g/mol. The van der Waals surface area contributed by atoms with E-state index in [1.165, 1.54) is 4.90 Å². The maximum atomic E-state index is 12.9. The largest absolute Gasteiger partial charge is 0.389 e. The van der Waals surface area contributed by atoms with E-state index in [1.54, 1.807) is 0 Å². The highest BCUT2D eigenvalue weighted by Crippen LogP contribution is 2.33. The molecule has 2 amide bonds. The van der Waals surface area contributed by atoms with E-state index in [-0.39, 0.29) is 18.6 Å². The minimum atomic E-state index is -4.22. The van der Waals surface area contributed by atoms with Gasteiger partial charge in [0.1, 0.15) is 11.6 Å². The van der Waals surface area contributed by atoms with E-state index in [0.717, 1.165) is 60.9 Å². The summed E-state index contributed by atoms with van der Waals surface area (Å²) >= 11 is 0. The highest BCUT2D eigenvalue weighted by atomic mass is 19.4. The van der Waals surface area contributed by atoms with Gasteiger partial charge in [0, 0.05) is 44.9 Å². The molecule has 1 aromatic heterocycles. The third-order valence-corrected chi connectivity index (χ3v) is 7.55. The summed E-state index contributed by atoms with van der Waals surface area (Å²) in [6.07, 6.45) is -2.70. The molecule has 0 bridgehead atoms. The Morgan fingerprint density at radius 1 is 1.08 bits per heavy atom. The number of carbonyl (C=O) groups is 1. The number of anilines is 3. The predicted molar refractivity (Wildman–Crippen MR) is 144 cm³/mol. The SMILES string of the molecule is Cc1ccc(NC(=O)N2CCC(CC(F)(F)F)C2)cc1-c1cc(N[C@@H]2CCCOC2)nc(N2CCOCC2)c1. The third-order valence-electron chi connectivity index (χ3n) is 7.55. The molecule has 0 saturated carbocycles. The van der Waals surface area contributed by atoms with Crippen molar-refractivity contribution in [2.45, 2.75) is 44.8 Å². The molecule has 1 aromatic carbocycles. The summed E-state index contributed by atoms with van der Waals surface area (Å²) in [7, 11) is 0. The van der Waals surface area contributed by atoms with E-state index in [1.807, 2.05) is 31.2 Å². The quantitative estimate of drug-likeness (QED) is 0.512. The number of aromatic nitrogens is 1. The van der Waals surface area contributed by atoms with Crippen molar-refractivity contribution in [3.8, 4) is 11.1 Å². The molecule has 3 saturated heterocycles. The summed E-state index contributed by atoms with van der Waals surface area (Å²) in [5, 5.41) is 6.44. The number of benzene rings is 1. The minimum absolute atomic E-state index is 0.108. The summed E-state index contributed by atoms with van der Waals surface area (Å²) < 4.78 is 49.5. The summed E-state index contributed by atoms with van der Waals surface area (Å²) in [5.41, 5.74) is 3.54. The second-order valence-electron chi connectivity index (χ2n) is 10.6. The topological polar surface area (TPSA) is 79.0 Å². The number of nitrogens with zero attached hydrogens (tertiary/aromatic N) is 3. The van der Waals surface area contributed by atoms with E-state index in [9.17, 15) is 18.0 Å². The van der Waals surface area contributed by atoms with Gasteiger partial charge in [-0.15, -0.1) is 0 Å². The fraction of sp³-hybridized carbons (Fsp3) is 0.571. The fourth-order valence-corrected chi connectivity index (χ4v) is 5.49. The molecule has 2 aromatic rings. The lowest BCUT2D eigenvalue weighted by Crippen LogP contribution is -2.37. The van der Waals surface area contributed by atoms with Gasteiger partial charge in [-0.3, -0.25) is 0 Å². The Kier molecular flexibility index (Phi) is 8.46. The number of halogens is 3. The lowest BCUT2D eigenvalue weighted by atomic mass is 10.00. The van der Waals surface area contributed by atoms with Gasteiger partial charge < -0.3 is 29.9 Å². The first kappa shape index (κ1) is 27.5. The monoisotopic (exact) mass is 547 g/mol. The van der Waals surface area contributed by atoms with Crippen molar-refractivity contribution < 1.29 is 27.4 Å². The number of morpholine rings is 1. The normalized spacial score (nSPS) is 22.2. The number of ether oxygens (including phenoxy) is 2. The molecular weight excluding hydrogens is 511 g/mol. The number of hydrogen-bond donors (Lipinski definition) is 2. The number of pyridine rings is 1. The summed E-state index contributed by atoms with van der Waals surface area (Å²) in [5.74, 6) is 1.07. The number of likely N-dealkylation sites (tertiary alicyclic amines) is 1. The van der Waals surface area contributed by atoms with Crippen molar-refractivity contribution in [3.63, 3.8) is 0 Å². The number of hydrogen-bond acceptors (Lipinski definition) is 6. The molecule has 3 aliphatic rings. The minimum Gasteiger partial charge on any atom is -0.379 e. The Bertz CT molecular complexity index is 1150. The lowest BCUT2D eigenvalue weighted by molar-refractivity contribution is -0.143. The molecule has 3 fully saturated rings. The van der Waals surface area contributed by atoms with Crippen molar-refractivity contribution in [1.82, 2.24) is 9.88 Å². The van der Waals surface area contributed by atoms with Crippen LogP contribution in [0.15, 0.2) is 30.3 Å². The average Bonchev–Trinajstić information content (AvgIpc) is 3.38. The van der Waals surface area contributed by atoms with E-state index >= 15 is 0 Å². The molecule has 4 heterocycles. The second kappa shape index (κ2) is 12.0. The summed E-state index contributed by atoms with van der Waals surface area (Å²) in [6.45, 7) is 6.65. The first-order chi connectivity index (χ1) is 18.7. The smallest absolute Gasteiger partial charge is 0.379 e. The van der Waals surface area contributed by atoms with Gasteiger partial charge in [0.15, 0.2) is 0 Å². The first-order valence-electron chi connectivity index (χ1n) is 13.7. The second-order valence-corrected chi connectivity index (χ2v) is 10.6. The number of amides is 2. The number of rotatable bonds is 6. The molecule has 2 N–H and O–H groups in total. The van der Waals surface area contributed by atoms with Crippen molar-refractivity contribution >= 4 is 23.4 Å². The zero-order chi connectivity index (χ0) is 27.4. The molecule has 0 radical (unpaired) electrons. The van der Waals surface area contributed by atoms with Gasteiger partial charge in [0.2, 0.25) is 0 Å². The van der Waals surface area contributed by atoms with Crippen LogP contribution < -0.4 is 15.5 Å². The van der Waals surface area contributed by atoms with E-state index < -0.39 is 18.5 Å². The summed E-state index contributed by atoms with van der Waals surface area (Å²) in [6, 6.07) is 9.58. The predicted octanol–water partition coefficient (Wildman–Crippen LogP) is 5.29. The Labute approximate surface area is 226 Å². The summed E-state index contributed by atoms with van der Waals surface area (Å²) in [4.78, 5) is 21.5. The molecule has 5 rings (SSSR count). The lowest BCUT2D eigenvalue weighted by Gasteiger charge is -2.29. The van der Waals surface area contributed by atoms with Crippen LogP contribution in [-0.2, 0) is 9.47 Å². The van der Waals surface area contributed by atoms with Gasteiger partial charge in [-0.05, 0) is 73.1 Å². The molecule has 0 spiro atoms. The molecule has 3 aliphatic heterocycles. The van der Waals surface area contributed by atoms with Crippen LogP contribution in [0.5, 0.6) is 0 Å². The number of alkyl halides is 3. The maximum absolute atomic E-state index is 12.9. The Balaban J connectivity index is 1.36. The zero-order valence-corrected chi connectivity index (χ0v) is 22.2. The van der Waals surface area contributed by atoms with Gasteiger partial charge in [-0.1, -0.05) is 6.07 Å². The molecule has 8 nitrogen and oxygen atoms in total.